The summed E-state index contributed by atoms with van der Waals surface area (Å²) in [6.07, 6.45) is 2.71. The minimum Gasteiger partial charge on any atom is -0.496 e. The highest BCUT2D eigenvalue weighted by atomic mass is 32.1. The van der Waals surface area contributed by atoms with Crippen LogP contribution in [0.1, 0.15) is 11.1 Å². The molecule has 0 saturated heterocycles. The van der Waals surface area contributed by atoms with E-state index in [1.54, 1.807) is 13.2 Å². The lowest BCUT2D eigenvalue weighted by atomic mass is 10.1. The predicted octanol–water partition coefficient (Wildman–Crippen LogP) is 2.20. The Labute approximate surface area is 114 Å². The normalized spacial score (nSPS) is 9.67. The molecule has 0 bridgehead atoms. The van der Waals surface area contributed by atoms with Crippen LogP contribution in [0, 0.1) is 6.92 Å². The molecule has 2 N–H and O–H groups in total. The summed E-state index contributed by atoms with van der Waals surface area (Å²) in [6.45, 7) is 7.17. The molecule has 0 amide bonds. The van der Waals surface area contributed by atoms with Gasteiger partial charge in [-0.2, -0.15) is 0 Å². The first-order valence-corrected chi connectivity index (χ1v) is 6.34. The molecular weight excluding hydrogens is 244 g/mol. The number of rotatable bonds is 6. The summed E-state index contributed by atoms with van der Waals surface area (Å²) in [6, 6.07) is 6.22. The van der Waals surface area contributed by atoms with E-state index < -0.39 is 0 Å². The molecule has 0 radical (unpaired) electrons. The van der Waals surface area contributed by atoms with Crippen molar-refractivity contribution in [1.82, 2.24) is 10.6 Å². The molecule has 1 aromatic carbocycles. The molecule has 0 atom stereocenters. The summed E-state index contributed by atoms with van der Waals surface area (Å²) in [4.78, 5) is 0. The number of ether oxygens (including phenoxy) is 1. The summed E-state index contributed by atoms with van der Waals surface area (Å²) in [5.74, 6) is 0.926. The average molecular weight is 264 g/mol. The fourth-order valence-electron chi connectivity index (χ4n) is 1.64. The van der Waals surface area contributed by atoms with E-state index in [0.29, 0.717) is 11.7 Å². The van der Waals surface area contributed by atoms with Crippen LogP contribution in [0.25, 0.3) is 0 Å². The highest BCUT2D eigenvalue weighted by Crippen LogP contribution is 2.18. The Hall–Kier alpha value is -1.55. The van der Waals surface area contributed by atoms with Gasteiger partial charge in [-0.05, 0) is 42.8 Å². The molecule has 18 heavy (non-hydrogen) atoms. The van der Waals surface area contributed by atoms with E-state index >= 15 is 0 Å². The van der Waals surface area contributed by atoms with Gasteiger partial charge in [0.25, 0.3) is 0 Å². The van der Waals surface area contributed by atoms with Gasteiger partial charge in [-0.1, -0.05) is 18.2 Å². The van der Waals surface area contributed by atoms with Crippen LogP contribution in [-0.4, -0.2) is 25.3 Å². The van der Waals surface area contributed by atoms with Gasteiger partial charge in [0, 0.05) is 13.1 Å². The first-order valence-electron chi connectivity index (χ1n) is 5.93. The second-order valence-corrected chi connectivity index (χ2v) is 4.39. The third kappa shape index (κ3) is 4.75. The van der Waals surface area contributed by atoms with Gasteiger partial charge in [0.2, 0.25) is 0 Å². The van der Waals surface area contributed by atoms with Crippen molar-refractivity contribution in [3.05, 3.63) is 42.0 Å². The highest BCUT2D eigenvalue weighted by Gasteiger charge is 2.00. The van der Waals surface area contributed by atoms with Crippen LogP contribution in [0.15, 0.2) is 30.9 Å². The maximum absolute atomic E-state index is 5.23. The van der Waals surface area contributed by atoms with Crippen LogP contribution in [0.4, 0.5) is 0 Å². The molecule has 0 aliphatic heterocycles. The number of hydrogen-bond donors (Lipinski definition) is 2. The fraction of sp³-hybridized carbons (Fsp3) is 0.357. The third-order valence-electron chi connectivity index (χ3n) is 2.57. The molecule has 98 valence electrons. The molecule has 0 aliphatic rings. The van der Waals surface area contributed by atoms with Crippen molar-refractivity contribution in [2.75, 3.05) is 20.2 Å². The fourth-order valence-corrected chi connectivity index (χ4v) is 1.83. The van der Waals surface area contributed by atoms with Crippen molar-refractivity contribution in [3.8, 4) is 5.75 Å². The van der Waals surface area contributed by atoms with Crippen LogP contribution in [0.3, 0.4) is 0 Å². The molecule has 4 heteroatoms. The van der Waals surface area contributed by atoms with E-state index in [0.717, 1.165) is 24.3 Å². The first kappa shape index (κ1) is 14.5. The third-order valence-corrected chi connectivity index (χ3v) is 2.85. The van der Waals surface area contributed by atoms with Gasteiger partial charge in [-0.25, -0.2) is 0 Å². The molecule has 0 aliphatic carbocycles. The Bertz CT molecular complexity index is 418. The van der Waals surface area contributed by atoms with Crippen molar-refractivity contribution in [2.45, 2.75) is 13.3 Å². The van der Waals surface area contributed by atoms with E-state index in [-0.39, 0.29) is 0 Å². The zero-order chi connectivity index (χ0) is 13.4. The smallest absolute Gasteiger partial charge is 0.166 e. The molecule has 0 spiro atoms. The standard InChI is InChI=1S/C14H20N2OS/c1-4-8-15-14(18)16-9-7-12-5-6-13(17-3)11(2)10-12/h4-6,10H,1,7-9H2,2-3H3,(H2,15,16,18). The maximum Gasteiger partial charge on any atom is 0.166 e. The van der Waals surface area contributed by atoms with Crippen molar-refractivity contribution < 1.29 is 4.74 Å². The van der Waals surface area contributed by atoms with Crippen LogP contribution in [-0.2, 0) is 6.42 Å². The lowest BCUT2D eigenvalue weighted by molar-refractivity contribution is 0.411. The van der Waals surface area contributed by atoms with Crippen molar-refractivity contribution in [2.24, 2.45) is 0 Å². The van der Waals surface area contributed by atoms with E-state index in [1.165, 1.54) is 5.56 Å². The maximum atomic E-state index is 5.23. The van der Waals surface area contributed by atoms with Crippen LogP contribution in [0.5, 0.6) is 5.75 Å². The Morgan fingerprint density at radius 3 is 2.83 bits per heavy atom. The summed E-state index contributed by atoms with van der Waals surface area (Å²) in [5.41, 5.74) is 2.43. The van der Waals surface area contributed by atoms with Crippen LogP contribution >= 0.6 is 12.2 Å². The second-order valence-electron chi connectivity index (χ2n) is 3.98. The number of aryl methyl sites for hydroxylation is 1. The molecular formula is C14H20N2OS. The first-order chi connectivity index (χ1) is 8.67. The minimum absolute atomic E-state index is 0.667. The van der Waals surface area contributed by atoms with Crippen molar-refractivity contribution in [1.29, 1.82) is 0 Å². The van der Waals surface area contributed by atoms with Gasteiger partial charge < -0.3 is 15.4 Å². The Morgan fingerprint density at radius 1 is 1.44 bits per heavy atom. The Morgan fingerprint density at radius 2 is 2.22 bits per heavy atom. The topological polar surface area (TPSA) is 33.3 Å². The average Bonchev–Trinajstić information content (AvgIpc) is 2.36. The van der Waals surface area contributed by atoms with Gasteiger partial charge in [-0.3, -0.25) is 0 Å². The minimum atomic E-state index is 0.667. The molecule has 0 unspecified atom stereocenters. The van der Waals surface area contributed by atoms with Crippen molar-refractivity contribution >= 4 is 17.3 Å². The van der Waals surface area contributed by atoms with Gasteiger partial charge in [0.15, 0.2) is 5.11 Å². The van der Waals surface area contributed by atoms with Crippen LogP contribution in [0.2, 0.25) is 0 Å². The molecule has 1 rings (SSSR count). The summed E-state index contributed by atoms with van der Waals surface area (Å²) >= 11 is 5.11. The highest BCUT2D eigenvalue weighted by molar-refractivity contribution is 7.80. The van der Waals surface area contributed by atoms with Gasteiger partial charge in [0.05, 0.1) is 7.11 Å². The Kier molecular flexibility index (Phi) is 6.22. The zero-order valence-electron chi connectivity index (χ0n) is 11.0. The monoisotopic (exact) mass is 264 g/mol. The SMILES string of the molecule is C=CCNC(=S)NCCc1ccc(OC)c(C)c1. The van der Waals surface area contributed by atoms with E-state index in [1.807, 2.05) is 13.0 Å². The zero-order valence-corrected chi connectivity index (χ0v) is 11.8. The van der Waals surface area contributed by atoms with Gasteiger partial charge in [0.1, 0.15) is 5.75 Å². The molecule has 0 aromatic heterocycles. The Balaban J connectivity index is 2.37. The van der Waals surface area contributed by atoms with Crippen LogP contribution < -0.4 is 15.4 Å². The number of benzene rings is 1. The number of thiocarbonyl (C=S) groups is 1. The lowest BCUT2D eigenvalue weighted by Crippen LogP contribution is -2.36. The quantitative estimate of drug-likeness (QED) is 0.609. The summed E-state index contributed by atoms with van der Waals surface area (Å²) in [5, 5.41) is 6.85. The van der Waals surface area contributed by atoms with E-state index in [9.17, 15) is 0 Å². The second kappa shape index (κ2) is 7.71. The summed E-state index contributed by atoms with van der Waals surface area (Å²) < 4.78 is 5.23. The molecule has 0 fully saturated rings. The van der Waals surface area contributed by atoms with Gasteiger partial charge >= 0.3 is 0 Å². The number of methoxy groups -OCH3 is 1. The molecule has 1 aromatic rings. The lowest BCUT2D eigenvalue weighted by Gasteiger charge is -2.10. The largest absolute Gasteiger partial charge is 0.496 e. The molecule has 0 heterocycles. The van der Waals surface area contributed by atoms with Crippen molar-refractivity contribution in [3.63, 3.8) is 0 Å². The number of nitrogens with one attached hydrogen (secondary N) is 2. The molecule has 3 nitrogen and oxygen atoms in total. The predicted molar refractivity (Wildman–Crippen MR) is 80.2 cm³/mol. The van der Waals surface area contributed by atoms with E-state index in [4.69, 9.17) is 17.0 Å². The summed E-state index contributed by atoms with van der Waals surface area (Å²) in [7, 11) is 1.69. The van der Waals surface area contributed by atoms with E-state index in [2.05, 4.69) is 29.3 Å². The molecule has 0 saturated carbocycles. The van der Waals surface area contributed by atoms with Gasteiger partial charge in [-0.15, -0.1) is 6.58 Å². The number of hydrogen-bond acceptors (Lipinski definition) is 2.